The number of hydrogen-bond donors (Lipinski definition) is 1. The summed E-state index contributed by atoms with van der Waals surface area (Å²) >= 11 is 0. The first kappa shape index (κ1) is 19.4. The molecule has 1 saturated carbocycles. The Bertz CT molecular complexity index is 1020. The smallest absolute Gasteiger partial charge is 0.222 e. The van der Waals surface area contributed by atoms with Crippen molar-refractivity contribution in [3.05, 3.63) is 29.7 Å². The van der Waals surface area contributed by atoms with Crippen LogP contribution in [0, 0.1) is 13.8 Å². The normalized spacial score (nSPS) is 20.1. The Morgan fingerprint density at radius 3 is 2.60 bits per heavy atom. The number of nitrogens with zero attached hydrogens (tertiary/aromatic N) is 5. The highest BCUT2D eigenvalue weighted by Crippen LogP contribution is 2.33. The maximum Gasteiger partial charge on any atom is 0.222 e. The lowest BCUT2D eigenvalue weighted by atomic mass is 9.95. The zero-order chi connectivity index (χ0) is 20.5. The van der Waals surface area contributed by atoms with Crippen LogP contribution >= 0.6 is 0 Å². The molecule has 0 aromatic carbocycles. The molecular formula is C23H30N6O. The molecule has 3 aromatic heterocycles. The molecule has 1 N–H and O–H groups in total. The van der Waals surface area contributed by atoms with Gasteiger partial charge in [0, 0.05) is 36.5 Å². The lowest BCUT2D eigenvalue weighted by Crippen LogP contribution is -2.19. The molecule has 0 radical (unpaired) electrons. The Morgan fingerprint density at radius 1 is 1.07 bits per heavy atom. The summed E-state index contributed by atoms with van der Waals surface area (Å²) < 4.78 is 7.83. The van der Waals surface area contributed by atoms with Crippen LogP contribution in [-0.4, -0.2) is 44.0 Å². The van der Waals surface area contributed by atoms with E-state index in [1.54, 1.807) is 0 Å². The number of nitrogens with one attached hydrogen (secondary N) is 1. The molecule has 1 atom stereocenters. The average Bonchev–Trinajstić information content (AvgIpc) is 3.41. The number of anilines is 1. The van der Waals surface area contributed by atoms with Crippen molar-refractivity contribution in [3.8, 4) is 11.3 Å². The largest absolute Gasteiger partial charge is 0.376 e. The van der Waals surface area contributed by atoms with Crippen molar-refractivity contribution in [1.29, 1.82) is 0 Å². The highest BCUT2D eigenvalue weighted by atomic mass is 16.5. The van der Waals surface area contributed by atoms with Gasteiger partial charge < -0.3 is 10.1 Å². The van der Waals surface area contributed by atoms with E-state index in [0.29, 0.717) is 12.0 Å². The van der Waals surface area contributed by atoms with Crippen LogP contribution in [0.25, 0.3) is 22.3 Å². The van der Waals surface area contributed by atoms with Crippen LogP contribution < -0.4 is 5.32 Å². The van der Waals surface area contributed by atoms with E-state index in [1.807, 2.05) is 12.4 Å². The number of pyridine rings is 1. The van der Waals surface area contributed by atoms with Crippen LogP contribution in [0.2, 0.25) is 0 Å². The Balaban J connectivity index is 1.42. The van der Waals surface area contributed by atoms with Gasteiger partial charge in [-0.2, -0.15) is 5.10 Å². The van der Waals surface area contributed by atoms with Gasteiger partial charge in [-0.15, -0.1) is 0 Å². The molecule has 1 saturated heterocycles. The topological polar surface area (TPSA) is 77.8 Å². The maximum absolute atomic E-state index is 5.65. The second-order valence-corrected chi connectivity index (χ2v) is 8.66. The van der Waals surface area contributed by atoms with E-state index in [-0.39, 0.29) is 6.10 Å². The molecule has 30 heavy (non-hydrogen) atoms. The molecule has 1 unspecified atom stereocenters. The molecule has 1 aliphatic carbocycles. The molecular weight excluding hydrogens is 376 g/mol. The zero-order valence-corrected chi connectivity index (χ0v) is 17.9. The molecule has 5 rings (SSSR count). The molecule has 2 fully saturated rings. The summed E-state index contributed by atoms with van der Waals surface area (Å²) in [5.41, 5.74) is 5.10. The molecule has 0 spiro atoms. The molecule has 7 heteroatoms. The summed E-state index contributed by atoms with van der Waals surface area (Å²) in [6.45, 7) is 5.85. The number of aromatic nitrogens is 5. The van der Waals surface area contributed by atoms with Gasteiger partial charge in [-0.25, -0.2) is 19.6 Å². The fourth-order valence-electron chi connectivity index (χ4n) is 4.82. The van der Waals surface area contributed by atoms with E-state index in [4.69, 9.17) is 14.8 Å². The Morgan fingerprint density at radius 2 is 1.87 bits per heavy atom. The van der Waals surface area contributed by atoms with Crippen molar-refractivity contribution in [2.24, 2.45) is 0 Å². The van der Waals surface area contributed by atoms with Gasteiger partial charge >= 0.3 is 0 Å². The Labute approximate surface area is 177 Å². The minimum Gasteiger partial charge on any atom is -0.376 e. The predicted molar refractivity (Wildman–Crippen MR) is 118 cm³/mol. The van der Waals surface area contributed by atoms with Crippen molar-refractivity contribution >= 4 is 17.0 Å². The van der Waals surface area contributed by atoms with Crippen LogP contribution in [0.15, 0.2) is 18.5 Å². The summed E-state index contributed by atoms with van der Waals surface area (Å²) in [6, 6.07) is 2.58. The lowest BCUT2D eigenvalue weighted by molar-refractivity contribution is 0.120. The highest BCUT2D eigenvalue weighted by molar-refractivity contribution is 5.84. The van der Waals surface area contributed by atoms with E-state index < -0.39 is 0 Å². The van der Waals surface area contributed by atoms with E-state index in [0.717, 1.165) is 48.6 Å². The molecule has 0 amide bonds. The van der Waals surface area contributed by atoms with Gasteiger partial charge in [0.15, 0.2) is 5.65 Å². The summed E-state index contributed by atoms with van der Waals surface area (Å²) in [5, 5.41) is 9.35. The number of aryl methyl sites for hydroxylation is 2. The van der Waals surface area contributed by atoms with Crippen LogP contribution in [0.4, 0.5) is 5.95 Å². The van der Waals surface area contributed by atoms with Gasteiger partial charge in [0.05, 0.1) is 23.5 Å². The van der Waals surface area contributed by atoms with Crippen LogP contribution in [0.5, 0.6) is 0 Å². The van der Waals surface area contributed by atoms with Crippen molar-refractivity contribution < 1.29 is 4.74 Å². The highest BCUT2D eigenvalue weighted by Gasteiger charge is 2.22. The van der Waals surface area contributed by atoms with Gasteiger partial charge in [-0.1, -0.05) is 19.3 Å². The average molecular weight is 407 g/mol. The number of fused-ring (bicyclic) bond motifs is 1. The van der Waals surface area contributed by atoms with Crippen LogP contribution in [0.1, 0.15) is 62.2 Å². The summed E-state index contributed by atoms with van der Waals surface area (Å²) in [5.74, 6) is 0.634. The summed E-state index contributed by atoms with van der Waals surface area (Å²) in [4.78, 5) is 14.0. The third-order valence-electron chi connectivity index (χ3n) is 6.41. The number of hydrogen-bond acceptors (Lipinski definition) is 6. The van der Waals surface area contributed by atoms with Gasteiger partial charge in [0.1, 0.15) is 0 Å². The predicted octanol–water partition coefficient (Wildman–Crippen LogP) is 4.60. The minimum atomic E-state index is 0.267. The SMILES string of the molecule is Cc1cc(-c2cnc(NCC3CCCO3)nc2)nc2c1c(C)nn2C1CCCCC1. The molecule has 2 aliphatic rings. The first-order valence-corrected chi connectivity index (χ1v) is 11.2. The van der Waals surface area contributed by atoms with Gasteiger partial charge in [0.25, 0.3) is 0 Å². The second-order valence-electron chi connectivity index (χ2n) is 8.66. The molecule has 0 bridgehead atoms. The van der Waals surface area contributed by atoms with Crippen molar-refractivity contribution in [3.63, 3.8) is 0 Å². The fourth-order valence-corrected chi connectivity index (χ4v) is 4.82. The minimum absolute atomic E-state index is 0.267. The molecule has 4 heterocycles. The molecule has 7 nitrogen and oxygen atoms in total. The first-order valence-electron chi connectivity index (χ1n) is 11.2. The van der Waals surface area contributed by atoms with E-state index in [2.05, 4.69) is 39.9 Å². The maximum atomic E-state index is 5.65. The number of ether oxygens (including phenoxy) is 1. The van der Waals surface area contributed by atoms with Crippen molar-refractivity contribution in [2.45, 2.75) is 70.9 Å². The van der Waals surface area contributed by atoms with Crippen LogP contribution in [0.3, 0.4) is 0 Å². The summed E-state index contributed by atoms with van der Waals surface area (Å²) in [7, 11) is 0. The molecule has 1 aliphatic heterocycles. The quantitative estimate of drug-likeness (QED) is 0.667. The fraction of sp³-hybridized carbons (Fsp3) is 0.565. The van der Waals surface area contributed by atoms with E-state index >= 15 is 0 Å². The third-order valence-corrected chi connectivity index (χ3v) is 6.41. The van der Waals surface area contributed by atoms with E-state index in [1.165, 1.54) is 43.1 Å². The molecule has 158 valence electrons. The van der Waals surface area contributed by atoms with Gasteiger partial charge in [0.2, 0.25) is 5.95 Å². The van der Waals surface area contributed by atoms with Crippen LogP contribution in [-0.2, 0) is 4.74 Å². The van der Waals surface area contributed by atoms with Gasteiger partial charge in [-0.3, -0.25) is 0 Å². The number of rotatable bonds is 5. The monoisotopic (exact) mass is 406 g/mol. The van der Waals surface area contributed by atoms with Crippen molar-refractivity contribution in [2.75, 3.05) is 18.5 Å². The summed E-state index contributed by atoms with van der Waals surface area (Å²) in [6.07, 6.45) is 12.5. The third kappa shape index (κ3) is 3.78. The first-order chi connectivity index (χ1) is 14.7. The lowest BCUT2D eigenvalue weighted by Gasteiger charge is -2.22. The van der Waals surface area contributed by atoms with Gasteiger partial charge in [-0.05, 0) is 51.2 Å². The Kier molecular flexibility index (Phi) is 5.37. The molecule has 3 aromatic rings. The Hall–Kier alpha value is -2.54. The second kappa shape index (κ2) is 8.30. The zero-order valence-electron chi connectivity index (χ0n) is 17.9. The van der Waals surface area contributed by atoms with Crippen molar-refractivity contribution in [1.82, 2.24) is 24.7 Å². The standard InChI is InChI=1S/C23H30N6O/c1-15-11-20(17-12-24-23(25-13-17)26-14-19-9-6-10-30-19)27-22-21(15)16(2)28-29(22)18-7-4-3-5-8-18/h11-13,18-19H,3-10,14H2,1-2H3,(H,24,25,26). The van der Waals surface area contributed by atoms with E-state index in [9.17, 15) is 0 Å².